The normalized spacial score (nSPS) is 10.8. The fraction of sp³-hybridized carbons (Fsp3) is 0.167. The zero-order chi connectivity index (χ0) is 13.5. The summed E-state index contributed by atoms with van der Waals surface area (Å²) in [5, 5.41) is 6.48. The van der Waals surface area contributed by atoms with E-state index in [9.17, 15) is 0 Å². The van der Waals surface area contributed by atoms with Gasteiger partial charge >= 0.3 is 0 Å². The Kier molecular flexibility index (Phi) is 4.71. The lowest BCUT2D eigenvalue weighted by Gasteiger charge is -2.04. The second kappa shape index (κ2) is 6.72. The van der Waals surface area contributed by atoms with E-state index in [1.54, 1.807) is 18.7 Å². The molecule has 6 nitrogen and oxygen atoms in total. The Labute approximate surface area is 114 Å². The highest BCUT2D eigenvalue weighted by Gasteiger charge is 1.96. The highest BCUT2D eigenvalue weighted by Crippen LogP contribution is 2.16. The third-order valence-corrected chi connectivity index (χ3v) is 2.86. The van der Waals surface area contributed by atoms with Crippen LogP contribution in [0, 0.1) is 0 Å². The van der Waals surface area contributed by atoms with Crippen molar-refractivity contribution in [1.29, 1.82) is 0 Å². The van der Waals surface area contributed by atoms with Crippen molar-refractivity contribution in [3.05, 3.63) is 35.2 Å². The first-order valence-corrected chi connectivity index (χ1v) is 6.38. The molecule has 0 aliphatic rings. The molecule has 0 aliphatic heterocycles. The van der Waals surface area contributed by atoms with Crippen LogP contribution < -0.4 is 15.9 Å². The summed E-state index contributed by atoms with van der Waals surface area (Å²) in [6.45, 7) is 0.219. The Balaban J connectivity index is 1.94. The summed E-state index contributed by atoms with van der Waals surface area (Å²) in [6, 6.07) is 7.51. The first-order chi connectivity index (χ1) is 9.28. The smallest absolute Gasteiger partial charge is 0.205 e. The van der Waals surface area contributed by atoms with Crippen LogP contribution in [-0.4, -0.2) is 25.1 Å². The minimum Gasteiger partial charge on any atom is -0.468 e. The van der Waals surface area contributed by atoms with Gasteiger partial charge in [-0.15, -0.1) is 11.3 Å². The van der Waals surface area contributed by atoms with Gasteiger partial charge < -0.3 is 15.2 Å². The summed E-state index contributed by atoms with van der Waals surface area (Å²) in [5.41, 5.74) is 9.22. The molecule has 2 rings (SSSR count). The molecule has 100 valence electrons. The molecule has 1 aromatic heterocycles. The van der Waals surface area contributed by atoms with Crippen molar-refractivity contribution < 1.29 is 9.47 Å². The summed E-state index contributed by atoms with van der Waals surface area (Å²) in [7, 11) is 1.58. The number of nitrogens with two attached hydrogens (primary N) is 1. The zero-order valence-electron chi connectivity index (χ0n) is 10.4. The van der Waals surface area contributed by atoms with Gasteiger partial charge in [-0.05, 0) is 17.7 Å². The number of ether oxygens (including phenoxy) is 2. The molecule has 0 unspecified atom stereocenters. The molecule has 0 amide bonds. The van der Waals surface area contributed by atoms with E-state index in [0.717, 1.165) is 11.3 Å². The number of nitrogens with zero attached hydrogens (tertiary/aromatic N) is 2. The molecule has 1 heterocycles. The molecule has 0 fully saturated rings. The predicted molar refractivity (Wildman–Crippen MR) is 76.7 cm³/mol. The van der Waals surface area contributed by atoms with E-state index in [0.29, 0.717) is 10.9 Å². The van der Waals surface area contributed by atoms with E-state index < -0.39 is 0 Å². The van der Waals surface area contributed by atoms with Gasteiger partial charge in [0, 0.05) is 12.5 Å². The van der Waals surface area contributed by atoms with Crippen LogP contribution in [0.2, 0.25) is 0 Å². The number of nitrogen functional groups attached to an aromatic ring is 1. The summed E-state index contributed by atoms with van der Waals surface area (Å²) in [5.74, 6) is 1.21. The Bertz CT molecular complexity index is 556. The summed E-state index contributed by atoms with van der Waals surface area (Å²) in [4.78, 5) is 4.03. The standard InChI is InChI=1S/C12H14N4O2S/c1-17-8-18-10-4-2-3-9(5-10)6-14-16-12-15-11(13)7-19-12/h2-7H,8,13H2,1H3,(H,15,16). The van der Waals surface area contributed by atoms with Gasteiger partial charge in [-0.2, -0.15) is 5.10 Å². The summed E-state index contributed by atoms with van der Waals surface area (Å²) >= 11 is 1.40. The monoisotopic (exact) mass is 278 g/mol. The largest absolute Gasteiger partial charge is 0.468 e. The summed E-state index contributed by atoms with van der Waals surface area (Å²) in [6.07, 6.45) is 1.68. The molecule has 0 bridgehead atoms. The van der Waals surface area contributed by atoms with E-state index in [4.69, 9.17) is 15.2 Å². The number of aromatic nitrogens is 1. The van der Waals surface area contributed by atoms with Crippen molar-refractivity contribution in [2.24, 2.45) is 5.10 Å². The molecular weight excluding hydrogens is 264 g/mol. The average Bonchev–Trinajstić information content (AvgIpc) is 2.83. The maximum atomic E-state index is 5.51. The van der Waals surface area contributed by atoms with Gasteiger partial charge in [-0.1, -0.05) is 12.1 Å². The van der Waals surface area contributed by atoms with Gasteiger partial charge in [-0.25, -0.2) is 4.98 Å². The molecule has 1 aromatic carbocycles. The third kappa shape index (κ3) is 4.23. The number of anilines is 2. The maximum Gasteiger partial charge on any atom is 0.205 e. The van der Waals surface area contributed by atoms with Gasteiger partial charge in [0.1, 0.15) is 11.6 Å². The van der Waals surface area contributed by atoms with Gasteiger partial charge in [-0.3, -0.25) is 5.43 Å². The van der Waals surface area contributed by atoms with Crippen molar-refractivity contribution in [2.45, 2.75) is 0 Å². The highest BCUT2D eigenvalue weighted by molar-refractivity contribution is 7.14. The molecule has 7 heteroatoms. The second-order valence-electron chi connectivity index (χ2n) is 3.57. The Morgan fingerprint density at radius 3 is 3.16 bits per heavy atom. The van der Waals surface area contributed by atoms with E-state index in [-0.39, 0.29) is 6.79 Å². The first kappa shape index (κ1) is 13.3. The van der Waals surface area contributed by atoms with Crippen LogP contribution in [0.25, 0.3) is 0 Å². The van der Waals surface area contributed by atoms with E-state index in [1.807, 2.05) is 24.3 Å². The predicted octanol–water partition coefficient (Wildman–Crippen LogP) is 2.15. The SMILES string of the molecule is COCOc1cccc(C=NNc2nc(N)cs2)c1. The topological polar surface area (TPSA) is 81.8 Å². The number of nitrogens with one attached hydrogen (secondary N) is 1. The van der Waals surface area contributed by atoms with Crippen LogP contribution in [0.15, 0.2) is 34.7 Å². The number of rotatable bonds is 6. The molecule has 0 atom stereocenters. The average molecular weight is 278 g/mol. The van der Waals surface area contributed by atoms with Crippen LogP contribution in [0.3, 0.4) is 0 Å². The number of hydrogen-bond donors (Lipinski definition) is 2. The van der Waals surface area contributed by atoms with E-state index >= 15 is 0 Å². The Morgan fingerprint density at radius 1 is 1.53 bits per heavy atom. The van der Waals surface area contributed by atoms with Crippen LogP contribution in [0.5, 0.6) is 5.75 Å². The van der Waals surface area contributed by atoms with Crippen LogP contribution in [0.1, 0.15) is 5.56 Å². The van der Waals surface area contributed by atoms with Crippen LogP contribution in [0.4, 0.5) is 10.9 Å². The Hall–Kier alpha value is -2.12. The first-order valence-electron chi connectivity index (χ1n) is 5.50. The highest BCUT2D eigenvalue weighted by atomic mass is 32.1. The van der Waals surface area contributed by atoms with Gasteiger partial charge in [0.2, 0.25) is 5.13 Å². The van der Waals surface area contributed by atoms with E-state index in [2.05, 4.69) is 15.5 Å². The minimum absolute atomic E-state index is 0.219. The van der Waals surface area contributed by atoms with Crippen molar-refractivity contribution in [3.63, 3.8) is 0 Å². The molecular formula is C12H14N4O2S. The van der Waals surface area contributed by atoms with Crippen LogP contribution in [-0.2, 0) is 4.74 Å². The number of hydrazone groups is 1. The van der Waals surface area contributed by atoms with Crippen molar-refractivity contribution in [2.75, 3.05) is 25.1 Å². The van der Waals surface area contributed by atoms with E-state index in [1.165, 1.54) is 11.3 Å². The minimum atomic E-state index is 0.219. The fourth-order valence-corrected chi connectivity index (χ4v) is 1.86. The number of hydrogen-bond acceptors (Lipinski definition) is 7. The molecule has 0 spiro atoms. The van der Waals surface area contributed by atoms with Crippen molar-refractivity contribution >= 4 is 28.5 Å². The lowest BCUT2D eigenvalue weighted by molar-refractivity contribution is 0.0511. The molecule has 2 aromatic rings. The number of methoxy groups -OCH3 is 1. The van der Waals surface area contributed by atoms with Crippen LogP contribution >= 0.6 is 11.3 Å². The molecule has 0 radical (unpaired) electrons. The zero-order valence-corrected chi connectivity index (χ0v) is 11.2. The van der Waals surface area contributed by atoms with Gasteiger partial charge in [0.15, 0.2) is 6.79 Å². The lowest BCUT2D eigenvalue weighted by atomic mass is 10.2. The van der Waals surface area contributed by atoms with Gasteiger partial charge in [0.05, 0.1) is 6.21 Å². The Morgan fingerprint density at radius 2 is 2.42 bits per heavy atom. The summed E-state index contributed by atoms with van der Waals surface area (Å²) < 4.78 is 10.2. The fourth-order valence-electron chi connectivity index (χ4n) is 1.31. The van der Waals surface area contributed by atoms with Crippen molar-refractivity contribution in [3.8, 4) is 5.75 Å². The third-order valence-electron chi connectivity index (χ3n) is 2.10. The molecule has 0 saturated heterocycles. The van der Waals surface area contributed by atoms with Crippen molar-refractivity contribution in [1.82, 2.24) is 4.98 Å². The molecule has 3 N–H and O–H groups in total. The van der Waals surface area contributed by atoms with Gasteiger partial charge in [0.25, 0.3) is 0 Å². The second-order valence-corrected chi connectivity index (χ2v) is 4.43. The number of thiazole rings is 1. The maximum absolute atomic E-state index is 5.51. The number of benzene rings is 1. The lowest BCUT2D eigenvalue weighted by Crippen LogP contribution is -1.99. The molecule has 0 aliphatic carbocycles. The molecule has 19 heavy (non-hydrogen) atoms. The quantitative estimate of drug-likeness (QED) is 0.480. The molecule has 0 saturated carbocycles.